The first-order valence-electron chi connectivity index (χ1n) is 8.33. The van der Waals surface area contributed by atoms with Crippen molar-refractivity contribution < 1.29 is 23.8 Å². The van der Waals surface area contributed by atoms with Gasteiger partial charge in [-0.3, -0.25) is 14.2 Å². The van der Waals surface area contributed by atoms with Crippen molar-refractivity contribution in [2.45, 2.75) is 37.5 Å². The molecule has 1 aliphatic rings. The van der Waals surface area contributed by atoms with E-state index in [2.05, 4.69) is 15.1 Å². The molecule has 1 fully saturated rings. The van der Waals surface area contributed by atoms with Gasteiger partial charge in [-0.05, 0) is 12.3 Å². The van der Waals surface area contributed by atoms with Gasteiger partial charge in [0.05, 0.1) is 5.25 Å². The maximum atomic E-state index is 12.6. The molecule has 3 rings (SSSR count). The van der Waals surface area contributed by atoms with Gasteiger partial charge in [0.15, 0.2) is 12.0 Å². The van der Waals surface area contributed by atoms with E-state index in [0.29, 0.717) is 5.82 Å². The molecule has 0 N–H and O–H groups in total. The molecular weight excluding hydrogens is 390 g/mol. The van der Waals surface area contributed by atoms with E-state index in [0.717, 1.165) is 0 Å². The van der Waals surface area contributed by atoms with E-state index in [1.54, 1.807) is 6.07 Å². The highest BCUT2D eigenvalue weighted by atomic mass is 32.2. The van der Waals surface area contributed by atoms with Crippen molar-refractivity contribution in [3.63, 3.8) is 0 Å². The molecule has 3 heterocycles. The van der Waals surface area contributed by atoms with E-state index < -0.39 is 41.3 Å². The van der Waals surface area contributed by atoms with Crippen LogP contribution in [0.1, 0.15) is 20.1 Å². The molecule has 12 heteroatoms. The Balaban J connectivity index is 1.90. The molecule has 4 atom stereocenters. The van der Waals surface area contributed by atoms with Crippen LogP contribution in [0.15, 0.2) is 29.7 Å². The van der Waals surface area contributed by atoms with Gasteiger partial charge in [0, 0.05) is 20.0 Å². The molecule has 0 aromatic carbocycles. The van der Waals surface area contributed by atoms with E-state index in [4.69, 9.17) is 14.2 Å². The summed E-state index contributed by atoms with van der Waals surface area (Å²) in [5.41, 5.74) is -0.563. The fraction of sp³-hybridized carbons (Fsp3) is 0.500. The summed E-state index contributed by atoms with van der Waals surface area (Å²) in [6.07, 6.45) is 3.93. The minimum absolute atomic E-state index is 0.0972. The van der Waals surface area contributed by atoms with Gasteiger partial charge in [0.2, 0.25) is 0 Å². The van der Waals surface area contributed by atoms with Crippen molar-refractivity contribution in [2.75, 3.05) is 12.9 Å². The van der Waals surface area contributed by atoms with Gasteiger partial charge in [0.1, 0.15) is 31.5 Å². The van der Waals surface area contributed by atoms with Gasteiger partial charge >= 0.3 is 17.6 Å². The van der Waals surface area contributed by atoms with Crippen LogP contribution in [0.2, 0.25) is 0 Å². The van der Waals surface area contributed by atoms with Crippen molar-refractivity contribution in [3.05, 3.63) is 35.4 Å². The summed E-state index contributed by atoms with van der Waals surface area (Å²) in [5, 5.41) is 3.54. The highest BCUT2D eigenvalue weighted by molar-refractivity contribution is 7.99. The molecule has 11 nitrogen and oxygen atoms in total. The maximum absolute atomic E-state index is 12.6. The van der Waals surface area contributed by atoms with Crippen LogP contribution in [-0.4, -0.2) is 66.6 Å². The predicted molar refractivity (Wildman–Crippen MR) is 96.8 cm³/mol. The number of nitrogens with zero attached hydrogens (tertiary/aromatic N) is 5. The number of hydrogen-bond acceptors (Lipinski definition) is 10. The average Bonchev–Trinajstić information content (AvgIpc) is 3.27. The summed E-state index contributed by atoms with van der Waals surface area (Å²) in [6, 6.07) is 1.59. The Kier molecular flexibility index (Phi) is 6.09. The number of esters is 2. The van der Waals surface area contributed by atoms with Crippen LogP contribution < -0.4 is 5.69 Å². The van der Waals surface area contributed by atoms with Crippen LogP contribution in [-0.2, 0) is 23.8 Å². The zero-order valence-corrected chi connectivity index (χ0v) is 16.2. The first kappa shape index (κ1) is 20.0. The molecule has 0 bridgehead atoms. The maximum Gasteiger partial charge on any atom is 0.351 e. The highest BCUT2D eigenvalue weighted by Crippen LogP contribution is 2.38. The van der Waals surface area contributed by atoms with E-state index >= 15 is 0 Å². The molecule has 28 heavy (non-hydrogen) atoms. The van der Waals surface area contributed by atoms with Gasteiger partial charge in [-0.25, -0.2) is 14.5 Å². The summed E-state index contributed by atoms with van der Waals surface area (Å²) < 4.78 is 19.0. The number of aromatic nitrogens is 5. The van der Waals surface area contributed by atoms with E-state index in [1.807, 2.05) is 6.26 Å². The van der Waals surface area contributed by atoms with Crippen molar-refractivity contribution in [3.8, 4) is 5.82 Å². The smallest absolute Gasteiger partial charge is 0.351 e. The standard InChI is InChI=1S/C16H19N5O6S/c1-9(22)25-6-11-13(26-10(2)23)14(28-3)15(27-11)20-5-4-12(19-16(20)24)21-8-17-7-18-21/h4-5,7-8,11,13-15H,6H2,1-3H3/t11-,13-,14-,15-/m1/s1. The highest BCUT2D eigenvalue weighted by Gasteiger charge is 2.48. The second-order valence-electron chi connectivity index (χ2n) is 5.96. The Morgan fingerprint density at radius 1 is 1.32 bits per heavy atom. The Hall–Kier alpha value is -2.73. The van der Waals surface area contributed by atoms with Gasteiger partial charge in [-0.15, -0.1) is 0 Å². The fourth-order valence-corrected chi connectivity index (χ4v) is 3.83. The lowest BCUT2D eigenvalue weighted by molar-refractivity contribution is -0.155. The fourth-order valence-electron chi connectivity index (χ4n) is 2.90. The Bertz CT molecular complexity index is 901. The normalized spacial score (nSPS) is 24.1. The van der Waals surface area contributed by atoms with Crippen LogP contribution >= 0.6 is 11.8 Å². The third-order valence-corrected chi connectivity index (χ3v) is 5.10. The minimum Gasteiger partial charge on any atom is -0.463 e. The second kappa shape index (κ2) is 8.52. The van der Waals surface area contributed by atoms with Crippen LogP contribution in [0.25, 0.3) is 5.82 Å². The van der Waals surface area contributed by atoms with Gasteiger partial charge in [-0.1, -0.05) is 0 Å². The molecule has 1 saturated heterocycles. The van der Waals surface area contributed by atoms with Crippen molar-refractivity contribution in [1.29, 1.82) is 0 Å². The predicted octanol–water partition coefficient (Wildman–Crippen LogP) is -0.0522. The monoisotopic (exact) mass is 409 g/mol. The Morgan fingerprint density at radius 2 is 2.11 bits per heavy atom. The summed E-state index contributed by atoms with van der Waals surface area (Å²) in [6.45, 7) is 2.46. The zero-order chi connectivity index (χ0) is 20.3. The molecule has 0 unspecified atom stereocenters. The number of carbonyl (C=O) groups excluding carboxylic acids is 2. The SMILES string of the molecule is CS[C@@H]1[C@H](OC(C)=O)[C@@H](COC(C)=O)O[C@H]1n1ccc(-n2cncn2)nc1=O. The van der Waals surface area contributed by atoms with E-state index in [1.165, 1.54) is 53.7 Å². The first-order valence-corrected chi connectivity index (χ1v) is 9.62. The molecule has 1 aliphatic heterocycles. The molecule has 0 spiro atoms. The van der Waals surface area contributed by atoms with Gasteiger partial charge < -0.3 is 14.2 Å². The quantitative estimate of drug-likeness (QED) is 0.599. The lowest BCUT2D eigenvalue weighted by Gasteiger charge is -2.22. The number of ether oxygens (including phenoxy) is 3. The Morgan fingerprint density at radius 3 is 2.68 bits per heavy atom. The lowest BCUT2D eigenvalue weighted by atomic mass is 10.1. The molecule has 150 valence electrons. The summed E-state index contributed by atoms with van der Waals surface area (Å²) in [7, 11) is 0. The largest absolute Gasteiger partial charge is 0.463 e. The minimum atomic E-state index is -0.760. The molecule has 0 radical (unpaired) electrons. The van der Waals surface area contributed by atoms with Crippen LogP contribution in [0.4, 0.5) is 0 Å². The van der Waals surface area contributed by atoms with Crippen molar-refractivity contribution in [2.24, 2.45) is 0 Å². The molecule has 0 aliphatic carbocycles. The van der Waals surface area contributed by atoms with Crippen LogP contribution in [0.3, 0.4) is 0 Å². The summed E-state index contributed by atoms with van der Waals surface area (Å²) in [5.74, 6) is -0.663. The van der Waals surface area contributed by atoms with Crippen LogP contribution in [0, 0.1) is 0 Å². The Labute approximate surface area is 164 Å². The number of thioether (sulfide) groups is 1. The third-order valence-electron chi connectivity index (χ3n) is 4.05. The zero-order valence-electron chi connectivity index (χ0n) is 15.4. The van der Waals surface area contributed by atoms with E-state index in [9.17, 15) is 14.4 Å². The van der Waals surface area contributed by atoms with Gasteiger partial charge in [0.25, 0.3) is 0 Å². The number of rotatable bonds is 6. The molecule has 0 saturated carbocycles. The first-order chi connectivity index (χ1) is 13.4. The molecule has 2 aromatic heterocycles. The molecule has 2 aromatic rings. The topological polar surface area (TPSA) is 127 Å². The lowest BCUT2D eigenvalue weighted by Crippen LogP contribution is -2.37. The summed E-state index contributed by atoms with van der Waals surface area (Å²) >= 11 is 1.38. The van der Waals surface area contributed by atoms with Crippen LogP contribution in [0.5, 0.6) is 0 Å². The molecular formula is C16H19N5O6S. The second-order valence-corrected chi connectivity index (χ2v) is 6.97. The summed E-state index contributed by atoms with van der Waals surface area (Å²) in [4.78, 5) is 43.1. The van der Waals surface area contributed by atoms with E-state index in [-0.39, 0.29) is 6.61 Å². The third kappa shape index (κ3) is 4.22. The van der Waals surface area contributed by atoms with Gasteiger partial charge in [-0.2, -0.15) is 21.8 Å². The van der Waals surface area contributed by atoms with Crippen molar-refractivity contribution in [1.82, 2.24) is 24.3 Å². The number of carbonyl (C=O) groups is 2. The van der Waals surface area contributed by atoms with Crippen molar-refractivity contribution >= 4 is 23.7 Å². The number of hydrogen-bond donors (Lipinski definition) is 0. The molecule has 0 amide bonds. The average molecular weight is 409 g/mol.